The largest absolute Gasteiger partial charge is 0.465 e. The number of hydrogen-bond donors (Lipinski definition) is 1. The third kappa shape index (κ3) is 5.16. The Labute approximate surface area is 223 Å². The molecule has 1 N–H and O–H groups in total. The number of unbranched alkanes of at least 4 members (excludes halogenated alkanes) is 1. The molecular formula is C27H41BrN2O6. The molecule has 0 saturated carbocycles. The van der Waals surface area contributed by atoms with Gasteiger partial charge in [-0.25, -0.2) is 0 Å². The highest BCUT2D eigenvalue weighted by Gasteiger charge is 2.77. The number of amides is 2. The summed E-state index contributed by atoms with van der Waals surface area (Å²) in [6.07, 6.45) is 5.97. The number of ether oxygens (including phenoxy) is 2. The Balaban J connectivity index is 2.07. The van der Waals surface area contributed by atoms with E-state index < -0.39 is 41.6 Å². The van der Waals surface area contributed by atoms with Gasteiger partial charge in [-0.3, -0.25) is 14.4 Å². The Hall–Kier alpha value is -1.71. The van der Waals surface area contributed by atoms with Gasteiger partial charge < -0.3 is 24.4 Å². The summed E-state index contributed by atoms with van der Waals surface area (Å²) in [5.74, 6) is -2.48. The van der Waals surface area contributed by atoms with Crippen LogP contribution >= 0.6 is 15.9 Å². The smallest absolute Gasteiger partial charge is 0.312 e. The third-order valence-electron chi connectivity index (χ3n) is 7.59. The molecule has 2 bridgehead atoms. The van der Waals surface area contributed by atoms with Crippen LogP contribution in [0.4, 0.5) is 0 Å². The average molecular weight is 570 g/mol. The lowest BCUT2D eigenvalue weighted by Crippen LogP contribution is -2.59. The van der Waals surface area contributed by atoms with Crippen LogP contribution in [-0.2, 0) is 23.9 Å². The maximum atomic E-state index is 14.2. The Morgan fingerprint density at radius 3 is 2.67 bits per heavy atom. The molecule has 3 saturated heterocycles. The van der Waals surface area contributed by atoms with Crippen LogP contribution in [0.15, 0.2) is 25.3 Å². The highest BCUT2D eigenvalue weighted by Crippen LogP contribution is 2.60. The van der Waals surface area contributed by atoms with Crippen LogP contribution in [0.25, 0.3) is 0 Å². The van der Waals surface area contributed by atoms with Gasteiger partial charge in [-0.15, -0.1) is 13.2 Å². The Kier molecular flexibility index (Phi) is 9.80. The number of rotatable bonds is 14. The van der Waals surface area contributed by atoms with Gasteiger partial charge in [-0.2, -0.15) is 0 Å². The van der Waals surface area contributed by atoms with Crippen molar-refractivity contribution in [3.8, 4) is 0 Å². The molecule has 3 unspecified atom stereocenters. The fourth-order valence-electron chi connectivity index (χ4n) is 6.14. The summed E-state index contributed by atoms with van der Waals surface area (Å²) in [4.78, 5) is 44.6. The van der Waals surface area contributed by atoms with Crippen LogP contribution in [0.3, 0.4) is 0 Å². The molecule has 0 aromatic carbocycles. The molecule has 0 aromatic rings. The second-order valence-corrected chi connectivity index (χ2v) is 11.7. The fourth-order valence-corrected chi connectivity index (χ4v) is 7.08. The minimum Gasteiger partial charge on any atom is -0.465 e. The van der Waals surface area contributed by atoms with Gasteiger partial charge in [-0.1, -0.05) is 55.3 Å². The first-order chi connectivity index (χ1) is 17.2. The van der Waals surface area contributed by atoms with E-state index >= 15 is 0 Å². The molecule has 1 spiro atoms. The zero-order valence-corrected chi connectivity index (χ0v) is 23.3. The zero-order chi connectivity index (χ0) is 26.6. The summed E-state index contributed by atoms with van der Waals surface area (Å²) in [6, 6.07) is -1.49. The minimum absolute atomic E-state index is 0.176. The quantitative estimate of drug-likeness (QED) is 0.150. The molecule has 3 fully saturated rings. The molecule has 202 valence electrons. The van der Waals surface area contributed by atoms with Gasteiger partial charge >= 0.3 is 5.97 Å². The number of hydrogen-bond acceptors (Lipinski definition) is 6. The number of aliphatic hydroxyl groups is 1. The summed E-state index contributed by atoms with van der Waals surface area (Å²) >= 11 is 3.67. The molecule has 0 aromatic heterocycles. The number of carbonyl (C=O) groups is 3. The number of fused-ring (bicyclic) bond motifs is 1. The third-order valence-corrected chi connectivity index (χ3v) is 8.43. The number of esters is 1. The van der Waals surface area contributed by atoms with Gasteiger partial charge in [0.15, 0.2) is 0 Å². The van der Waals surface area contributed by atoms with Gasteiger partial charge in [0, 0.05) is 17.9 Å². The van der Waals surface area contributed by atoms with E-state index in [4.69, 9.17) is 9.47 Å². The second kappa shape index (κ2) is 12.2. The highest BCUT2D eigenvalue weighted by molar-refractivity contribution is 9.09. The molecule has 0 radical (unpaired) electrons. The van der Waals surface area contributed by atoms with Crippen molar-refractivity contribution in [3.63, 3.8) is 0 Å². The van der Waals surface area contributed by atoms with Crippen LogP contribution in [0.5, 0.6) is 0 Å². The minimum atomic E-state index is -1.16. The van der Waals surface area contributed by atoms with Crippen LogP contribution in [0, 0.1) is 17.8 Å². The molecule has 3 aliphatic heterocycles. The fraction of sp³-hybridized carbons (Fsp3) is 0.741. The maximum Gasteiger partial charge on any atom is 0.312 e. The maximum absolute atomic E-state index is 14.2. The SMILES string of the molecule is C=CCCOC(=O)[C@H]1[C@@H]2OC3(CC2Br)C(C(=O)N(CC=C)CCCC)N([C@@H](CO)CC(C)C)C(=O)[C@H]13. The van der Waals surface area contributed by atoms with Crippen LogP contribution < -0.4 is 0 Å². The lowest BCUT2D eigenvalue weighted by atomic mass is 9.70. The molecular weight excluding hydrogens is 528 g/mol. The predicted molar refractivity (Wildman–Crippen MR) is 140 cm³/mol. The molecule has 8 nitrogen and oxygen atoms in total. The van der Waals surface area contributed by atoms with Gasteiger partial charge in [0.2, 0.25) is 11.8 Å². The lowest BCUT2D eigenvalue weighted by Gasteiger charge is -2.39. The second-order valence-electron chi connectivity index (χ2n) is 10.5. The first kappa shape index (κ1) is 28.9. The van der Waals surface area contributed by atoms with E-state index in [-0.39, 0.29) is 35.8 Å². The van der Waals surface area contributed by atoms with E-state index in [1.807, 2.05) is 13.8 Å². The number of nitrogens with zero attached hydrogens (tertiary/aromatic N) is 2. The van der Waals surface area contributed by atoms with Gasteiger partial charge in [0.05, 0.1) is 37.2 Å². The standard InChI is InChI=1S/C27H41BrN2O6/c1-6-9-12-29(11-8-3)25(33)23-27-15-19(28)22(36-27)20(26(34)35-13-10-7-2)21(27)24(32)30(23)18(16-31)14-17(4)5/h7-8,17-23,31H,2-3,6,9-16H2,1,4-5H3/t18-,19?,20-,21+,22-,23?,27?/m1/s1. The van der Waals surface area contributed by atoms with Crippen LogP contribution in [-0.4, -0.2) is 87.6 Å². The summed E-state index contributed by atoms with van der Waals surface area (Å²) < 4.78 is 12.0. The van der Waals surface area contributed by atoms with Crippen LogP contribution in [0.1, 0.15) is 52.9 Å². The van der Waals surface area contributed by atoms with Crippen molar-refractivity contribution in [2.24, 2.45) is 17.8 Å². The molecule has 3 heterocycles. The number of likely N-dealkylation sites (tertiary alicyclic amines) is 1. The van der Waals surface area contributed by atoms with E-state index in [1.165, 1.54) is 0 Å². The summed E-state index contributed by atoms with van der Waals surface area (Å²) in [6.45, 7) is 14.3. The lowest BCUT2D eigenvalue weighted by molar-refractivity contribution is -0.156. The van der Waals surface area contributed by atoms with E-state index in [1.54, 1.807) is 22.0 Å². The first-order valence-electron chi connectivity index (χ1n) is 13.1. The van der Waals surface area contributed by atoms with Crippen molar-refractivity contribution in [2.75, 3.05) is 26.3 Å². The molecule has 0 aliphatic carbocycles. The number of alkyl halides is 1. The Bertz CT molecular complexity index is 850. The monoisotopic (exact) mass is 568 g/mol. The zero-order valence-electron chi connectivity index (χ0n) is 21.7. The van der Waals surface area contributed by atoms with Gasteiger partial charge in [0.25, 0.3) is 0 Å². The van der Waals surface area contributed by atoms with E-state index in [9.17, 15) is 19.5 Å². The predicted octanol–water partition coefficient (Wildman–Crippen LogP) is 3.08. The molecule has 3 rings (SSSR count). The van der Waals surface area contributed by atoms with Crippen molar-refractivity contribution in [1.82, 2.24) is 9.80 Å². The summed E-state index contributed by atoms with van der Waals surface area (Å²) in [7, 11) is 0. The molecule has 3 aliphatic rings. The van der Waals surface area contributed by atoms with Crippen molar-refractivity contribution in [2.45, 2.75) is 81.5 Å². The molecule has 9 heteroatoms. The van der Waals surface area contributed by atoms with E-state index in [0.717, 1.165) is 12.8 Å². The highest BCUT2D eigenvalue weighted by atomic mass is 79.9. The van der Waals surface area contributed by atoms with Crippen molar-refractivity contribution < 1.29 is 29.0 Å². The number of halogens is 1. The van der Waals surface area contributed by atoms with Crippen molar-refractivity contribution in [3.05, 3.63) is 25.3 Å². The first-order valence-corrected chi connectivity index (χ1v) is 14.0. The topological polar surface area (TPSA) is 96.4 Å². The molecule has 36 heavy (non-hydrogen) atoms. The van der Waals surface area contributed by atoms with Gasteiger partial charge in [-0.05, 0) is 31.6 Å². The Morgan fingerprint density at radius 1 is 1.36 bits per heavy atom. The van der Waals surface area contributed by atoms with E-state index in [2.05, 4.69) is 36.0 Å². The molecule has 7 atom stereocenters. The summed E-state index contributed by atoms with van der Waals surface area (Å²) in [5, 5.41) is 10.4. The van der Waals surface area contributed by atoms with Crippen molar-refractivity contribution in [1.29, 1.82) is 0 Å². The number of carbonyl (C=O) groups excluding carboxylic acids is 3. The van der Waals surface area contributed by atoms with Crippen LogP contribution in [0.2, 0.25) is 0 Å². The normalized spacial score (nSPS) is 31.4. The number of aliphatic hydroxyl groups excluding tert-OH is 1. The molecule has 2 amide bonds. The Morgan fingerprint density at radius 2 is 2.08 bits per heavy atom. The van der Waals surface area contributed by atoms with E-state index in [0.29, 0.717) is 32.4 Å². The van der Waals surface area contributed by atoms with Gasteiger partial charge in [0.1, 0.15) is 11.6 Å². The average Bonchev–Trinajstić information content (AvgIpc) is 3.43. The summed E-state index contributed by atoms with van der Waals surface area (Å²) in [5.41, 5.74) is -1.16. The van der Waals surface area contributed by atoms with Crippen molar-refractivity contribution >= 4 is 33.7 Å².